The molecule has 0 bridgehead atoms. The molecule has 1 heterocycles. The predicted molar refractivity (Wildman–Crippen MR) is 63.9 cm³/mol. The number of alkyl halides is 3. The molecule has 0 aliphatic carbocycles. The van der Waals surface area contributed by atoms with Gasteiger partial charge in [0.2, 0.25) is 0 Å². The minimum absolute atomic E-state index is 0.139. The van der Waals surface area contributed by atoms with Crippen molar-refractivity contribution >= 4 is 0 Å². The molecule has 0 radical (unpaired) electrons. The van der Waals surface area contributed by atoms with Crippen LogP contribution < -0.4 is 4.74 Å². The van der Waals surface area contributed by atoms with Gasteiger partial charge in [-0.25, -0.2) is 0 Å². The molecule has 0 amide bonds. The molecule has 6 heteroatoms. The SMILES string of the molecule is CCN1Cc2ccc(OCC(F)(F)F)cc2C(O)C1. The molecule has 0 fully saturated rings. The van der Waals surface area contributed by atoms with Crippen LogP contribution in [0, 0.1) is 0 Å². The number of halogens is 3. The summed E-state index contributed by atoms with van der Waals surface area (Å²) < 4.78 is 40.9. The van der Waals surface area contributed by atoms with Crippen LogP contribution in [-0.4, -0.2) is 35.9 Å². The number of fused-ring (bicyclic) bond motifs is 1. The van der Waals surface area contributed by atoms with Gasteiger partial charge in [-0.3, -0.25) is 4.90 Å². The molecule has 1 atom stereocenters. The highest BCUT2D eigenvalue weighted by molar-refractivity contribution is 5.38. The van der Waals surface area contributed by atoms with E-state index in [2.05, 4.69) is 9.64 Å². The largest absolute Gasteiger partial charge is 0.484 e. The number of rotatable bonds is 3. The van der Waals surface area contributed by atoms with Gasteiger partial charge in [-0.1, -0.05) is 13.0 Å². The highest BCUT2D eigenvalue weighted by Gasteiger charge is 2.29. The summed E-state index contributed by atoms with van der Waals surface area (Å²) in [4.78, 5) is 2.07. The zero-order valence-electron chi connectivity index (χ0n) is 10.6. The molecule has 0 saturated carbocycles. The molecule has 1 N–H and O–H groups in total. The van der Waals surface area contributed by atoms with Gasteiger partial charge in [0.05, 0.1) is 6.10 Å². The van der Waals surface area contributed by atoms with Crippen LogP contribution in [-0.2, 0) is 6.54 Å². The van der Waals surface area contributed by atoms with E-state index in [4.69, 9.17) is 0 Å². The Balaban J connectivity index is 2.13. The van der Waals surface area contributed by atoms with Crippen molar-refractivity contribution in [2.45, 2.75) is 25.7 Å². The fraction of sp³-hybridized carbons (Fsp3) is 0.538. The lowest BCUT2D eigenvalue weighted by Crippen LogP contribution is -2.33. The van der Waals surface area contributed by atoms with Gasteiger partial charge in [-0.15, -0.1) is 0 Å². The first-order valence-electron chi connectivity index (χ1n) is 6.12. The summed E-state index contributed by atoms with van der Waals surface area (Å²) in [6.45, 7) is 2.69. The van der Waals surface area contributed by atoms with Crippen molar-refractivity contribution in [3.05, 3.63) is 29.3 Å². The lowest BCUT2D eigenvalue weighted by Gasteiger charge is -2.31. The molecule has 106 valence electrons. The van der Waals surface area contributed by atoms with Crippen LogP contribution in [0.1, 0.15) is 24.2 Å². The predicted octanol–water partition coefficient (Wildman–Crippen LogP) is 2.50. The molecule has 1 unspecified atom stereocenters. The molecule has 2 rings (SSSR count). The summed E-state index contributed by atoms with van der Waals surface area (Å²) in [6, 6.07) is 4.72. The number of hydrogen-bond donors (Lipinski definition) is 1. The number of ether oxygens (including phenoxy) is 1. The zero-order valence-corrected chi connectivity index (χ0v) is 10.6. The van der Waals surface area contributed by atoms with E-state index in [1.54, 1.807) is 6.07 Å². The molecule has 1 aromatic rings. The topological polar surface area (TPSA) is 32.7 Å². The van der Waals surface area contributed by atoms with Crippen LogP contribution in [0.2, 0.25) is 0 Å². The second-order valence-electron chi connectivity index (χ2n) is 4.61. The fourth-order valence-electron chi connectivity index (χ4n) is 2.17. The van der Waals surface area contributed by atoms with Crippen molar-refractivity contribution in [3.63, 3.8) is 0 Å². The Bertz CT molecular complexity index is 448. The van der Waals surface area contributed by atoms with E-state index >= 15 is 0 Å². The van der Waals surface area contributed by atoms with Gasteiger partial charge in [0.25, 0.3) is 0 Å². The third kappa shape index (κ3) is 3.61. The Morgan fingerprint density at radius 2 is 2.16 bits per heavy atom. The van der Waals surface area contributed by atoms with Gasteiger partial charge >= 0.3 is 6.18 Å². The van der Waals surface area contributed by atoms with E-state index in [0.29, 0.717) is 18.7 Å². The first kappa shape index (κ1) is 14.1. The lowest BCUT2D eigenvalue weighted by atomic mass is 9.97. The molecule has 1 aromatic carbocycles. The van der Waals surface area contributed by atoms with Crippen LogP contribution >= 0.6 is 0 Å². The van der Waals surface area contributed by atoms with Crippen LogP contribution in [0.25, 0.3) is 0 Å². The molecule has 1 aliphatic rings. The third-order valence-corrected chi connectivity index (χ3v) is 3.15. The maximum absolute atomic E-state index is 12.1. The first-order chi connectivity index (χ1) is 8.89. The van der Waals surface area contributed by atoms with E-state index in [0.717, 1.165) is 12.1 Å². The standard InChI is InChI=1S/C13H16F3NO2/c1-2-17-6-9-3-4-10(19-8-13(14,15)16)5-11(9)12(18)7-17/h3-5,12,18H,2,6-8H2,1H3. The first-order valence-corrected chi connectivity index (χ1v) is 6.12. The van der Waals surface area contributed by atoms with Crippen molar-refractivity contribution in [2.75, 3.05) is 19.7 Å². The average Bonchev–Trinajstić information content (AvgIpc) is 2.35. The minimum atomic E-state index is -4.35. The highest BCUT2D eigenvalue weighted by atomic mass is 19.4. The summed E-state index contributed by atoms with van der Waals surface area (Å²) in [7, 11) is 0. The van der Waals surface area contributed by atoms with Crippen molar-refractivity contribution < 1.29 is 23.0 Å². The number of β-amino-alcohol motifs (C(OH)–C–C–N with tert-alkyl or cyclic N) is 1. The molecule has 0 saturated heterocycles. The van der Waals surface area contributed by atoms with Crippen LogP contribution in [0.15, 0.2) is 18.2 Å². The minimum Gasteiger partial charge on any atom is -0.484 e. The molecule has 1 aliphatic heterocycles. The van der Waals surface area contributed by atoms with E-state index in [1.807, 2.05) is 6.92 Å². The van der Waals surface area contributed by atoms with E-state index < -0.39 is 18.9 Å². The van der Waals surface area contributed by atoms with Gasteiger partial charge in [0.15, 0.2) is 6.61 Å². The summed E-state index contributed by atoms with van der Waals surface area (Å²) in [6.07, 6.45) is -5.04. The lowest BCUT2D eigenvalue weighted by molar-refractivity contribution is -0.153. The van der Waals surface area contributed by atoms with Crippen LogP contribution in [0.4, 0.5) is 13.2 Å². The fourth-order valence-corrected chi connectivity index (χ4v) is 2.17. The zero-order chi connectivity index (χ0) is 14.0. The second kappa shape index (κ2) is 5.38. The number of hydrogen-bond acceptors (Lipinski definition) is 3. The van der Waals surface area contributed by atoms with Gasteiger partial charge in [-0.05, 0) is 29.8 Å². The Hall–Kier alpha value is -1.27. The third-order valence-electron chi connectivity index (χ3n) is 3.15. The Morgan fingerprint density at radius 3 is 2.79 bits per heavy atom. The van der Waals surface area contributed by atoms with E-state index in [-0.39, 0.29) is 5.75 Å². The molecule has 0 aromatic heterocycles. The van der Waals surface area contributed by atoms with Crippen molar-refractivity contribution in [1.29, 1.82) is 0 Å². The Labute approximate surface area is 109 Å². The summed E-state index contributed by atoms with van der Waals surface area (Å²) >= 11 is 0. The monoisotopic (exact) mass is 275 g/mol. The molecular weight excluding hydrogens is 259 g/mol. The molecule has 19 heavy (non-hydrogen) atoms. The normalized spacial score (nSPS) is 20.2. The summed E-state index contributed by atoms with van der Waals surface area (Å²) in [5.41, 5.74) is 1.59. The summed E-state index contributed by atoms with van der Waals surface area (Å²) in [5, 5.41) is 10.00. The van der Waals surface area contributed by atoms with Gasteiger partial charge in [0.1, 0.15) is 5.75 Å². The van der Waals surface area contributed by atoms with Gasteiger partial charge < -0.3 is 9.84 Å². The average molecular weight is 275 g/mol. The number of aliphatic hydroxyl groups excluding tert-OH is 1. The van der Waals surface area contributed by atoms with E-state index in [9.17, 15) is 18.3 Å². The Kier molecular flexibility index (Phi) is 4.01. The molecule has 3 nitrogen and oxygen atoms in total. The van der Waals surface area contributed by atoms with Crippen LogP contribution in [0.5, 0.6) is 5.75 Å². The number of benzene rings is 1. The van der Waals surface area contributed by atoms with Gasteiger partial charge in [0, 0.05) is 13.1 Å². The number of nitrogens with zero attached hydrogens (tertiary/aromatic N) is 1. The number of likely N-dealkylation sites (N-methyl/N-ethyl adjacent to an activating group) is 1. The van der Waals surface area contributed by atoms with Gasteiger partial charge in [-0.2, -0.15) is 13.2 Å². The quantitative estimate of drug-likeness (QED) is 0.920. The maximum atomic E-state index is 12.1. The molecule has 0 spiro atoms. The maximum Gasteiger partial charge on any atom is 0.422 e. The summed E-state index contributed by atoms with van der Waals surface area (Å²) in [5.74, 6) is 0.139. The number of aliphatic hydroxyl groups is 1. The van der Waals surface area contributed by atoms with Crippen LogP contribution in [0.3, 0.4) is 0 Å². The highest BCUT2D eigenvalue weighted by Crippen LogP contribution is 2.30. The molecular formula is C13H16F3NO2. The Morgan fingerprint density at radius 1 is 1.42 bits per heavy atom. The van der Waals surface area contributed by atoms with Crippen molar-refractivity contribution in [1.82, 2.24) is 4.90 Å². The van der Waals surface area contributed by atoms with Crippen molar-refractivity contribution in [2.24, 2.45) is 0 Å². The smallest absolute Gasteiger partial charge is 0.422 e. The van der Waals surface area contributed by atoms with E-state index in [1.165, 1.54) is 12.1 Å². The van der Waals surface area contributed by atoms with Crippen molar-refractivity contribution in [3.8, 4) is 5.75 Å². The second-order valence-corrected chi connectivity index (χ2v) is 4.61.